The minimum absolute atomic E-state index is 0.157. The average Bonchev–Trinajstić information content (AvgIpc) is 2.14. The van der Waals surface area contributed by atoms with E-state index in [2.05, 4.69) is 12.1 Å². The monoisotopic (exact) mass is 218 g/mol. The van der Waals surface area contributed by atoms with Gasteiger partial charge in [-0.3, -0.25) is 4.79 Å². The van der Waals surface area contributed by atoms with Gasteiger partial charge in [0.2, 0.25) is 0 Å². The number of benzene rings is 1. The van der Waals surface area contributed by atoms with Crippen LogP contribution in [0.4, 0.5) is 0 Å². The Kier molecular flexibility index (Phi) is 1.69. The van der Waals surface area contributed by atoms with Crippen molar-refractivity contribution >= 4 is 5.97 Å². The smallest absolute Gasteiger partial charge is 0.309 e. The predicted octanol–water partition coefficient (Wildman–Crippen LogP) is 2.20. The van der Waals surface area contributed by atoms with Crippen LogP contribution in [0, 0.1) is 5.41 Å². The molecule has 0 heterocycles. The lowest BCUT2D eigenvalue weighted by Crippen LogP contribution is -2.67. The molecule has 4 rings (SSSR count). The molecule has 1 N–H and O–H groups in total. The zero-order chi connectivity index (χ0) is 11.4. The summed E-state index contributed by atoms with van der Waals surface area (Å²) in [5, 5.41) is 9.05. The number of aliphatic carboxylic acids is 1. The third-order valence-corrected chi connectivity index (χ3v) is 4.19. The van der Waals surface area contributed by atoms with E-state index in [-0.39, 0.29) is 10.8 Å². The molecular formula is C13H14O3. The SMILES string of the molecule is COc1ccc(C23CC(C(=O)O)(C2)C3)cc1. The molecule has 16 heavy (non-hydrogen) atoms. The van der Waals surface area contributed by atoms with Gasteiger partial charge in [-0.1, -0.05) is 12.1 Å². The van der Waals surface area contributed by atoms with Crippen molar-refractivity contribution < 1.29 is 14.6 Å². The van der Waals surface area contributed by atoms with E-state index in [4.69, 9.17) is 9.84 Å². The van der Waals surface area contributed by atoms with Gasteiger partial charge in [0.15, 0.2) is 0 Å². The number of ether oxygens (including phenoxy) is 1. The number of rotatable bonds is 3. The van der Waals surface area contributed by atoms with Crippen molar-refractivity contribution in [3.63, 3.8) is 0 Å². The zero-order valence-electron chi connectivity index (χ0n) is 9.19. The van der Waals surface area contributed by atoms with Crippen molar-refractivity contribution in [2.45, 2.75) is 24.7 Å². The van der Waals surface area contributed by atoms with E-state index in [1.807, 2.05) is 12.1 Å². The third kappa shape index (κ3) is 1.01. The molecule has 3 nitrogen and oxygen atoms in total. The van der Waals surface area contributed by atoms with Crippen LogP contribution in [0.25, 0.3) is 0 Å². The lowest BCUT2D eigenvalue weighted by molar-refractivity contribution is -0.194. The van der Waals surface area contributed by atoms with Crippen molar-refractivity contribution in [3.05, 3.63) is 29.8 Å². The average molecular weight is 218 g/mol. The molecule has 2 bridgehead atoms. The molecule has 0 spiro atoms. The number of hydrogen-bond donors (Lipinski definition) is 1. The van der Waals surface area contributed by atoms with Crippen LogP contribution >= 0.6 is 0 Å². The summed E-state index contributed by atoms with van der Waals surface area (Å²) in [5.74, 6) is 0.228. The highest BCUT2D eigenvalue weighted by atomic mass is 16.5. The lowest BCUT2D eigenvalue weighted by Gasteiger charge is -2.68. The highest BCUT2D eigenvalue weighted by molar-refractivity contribution is 5.80. The Morgan fingerprint density at radius 2 is 1.81 bits per heavy atom. The maximum atomic E-state index is 11.0. The molecule has 1 aromatic carbocycles. The highest BCUT2D eigenvalue weighted by Crippen LogP contribution is 2.73. The van der Waals surface area contributed by atoms with E-state index >= 15 is 0 Å². The normalized spacial score (nSPS) is 34.8. The fraction of sp³-hybridized carbons (Fsp3) is 0.462. The van der Waals surface area contributed by atoms with Crippen LogP contribution in [0.2, 0.25) is 0 Å². The van der Waals surface area contributed by atoms with Crippen molar-refractivity contribution in [3.8, 4) is 5.75 Å². The van der Waals surface area contributed by atoms with Crippen molar-refractivity contribution in [1.29, 1.82) is 0 Å². The van der Waals surface area contributed by atoms with Gasteiger partial charge in [-0.05, 0) is 42.4 Å². The van der Waals surface area contributed by atoms with Crippen LogP contribution in [0.5, 0.6) is 5.75 Å². The number of carboxylic acid groups (broad SMARTS) is 1. The first kappa shape index (κ1) is 9.70. The summed E-state index contributed by atoms with van der Waals surface area (Å²) in [6.45, 7) is 0. The van der Waals surface area contributed by atoms with Crippen molar-refractivity contribution in [2.75, 3.05) is 7.11 Å². The molecule has 84 valence electrons. The molecule has 3 fully saturated rings. The first-order chi connectivity index (χ1) is 7.60. The summed E-state index contributed by atoms with van der Waals surface area (Å²) in [6, 6.07) is 8.01. The van der Waals surface area contributed by atoms with Crippen LogP contribution in [0.1, 0.15) is 24.8 Å². The maximum absolute atomic E-state index is 11.0. The largest absolute Gasteiger partial charge is 0.497 e. The predicted molar refractivity (Wildman–Crippen MR) is 58.6 cm³/mol. The minimum atomic E-state index is -0.622. The quantitative estimate of drug-likeness (QED) is 0.846. The third-order valence-electron chi connectivity index (χ3n) is 4.19. The van der Waals surface area contributed by atoms with Crippen LogP contribution in [-0.4, -0.2) is 18.2 Å². The fourth-order valence-electron chi connectivity index (χ4n) is 3.27. The van der Waals surface area contributed by atoms with Gasteiger partial charge < -0.3 is 9.84 Å². The lowest BCUT2D eigenvalue weighted by atomic mass is 9.33. The summed E-state index contributed by atoms with van der Waals surface area (Å²) in [5.41, 5.74) is 1.03. The second kappa shape index (κ2) is 2.78. The Morgan fingerprint density at radius 3 is 2.25 bits per heavy atom. The number of carbonyl (C=O) groups is 1. The fourth-order valence-corrected chi connectivity index (χ4v) is 3.27. The molecule has 0 radical (unpaired) electrons. The number of methoxy groups -OCH3 is 1. The van der Waals surface area contributed by atoms with Crippen LogP contribution in [0.3, 0.4) is 0 Å². The van der Waals surface area contributed by atoms with Crippen LogP contribution in [-0.2, 0) is 10.2 Å². The Labute approximate surface area is 94.0 Å². The zero-order valence-corrected chi connectivity index (χ0v) is 9.19. The van der Waals surface area contributed by atoms with Crippen LogP contribution < -0.4 is 4.74 Å². The molecule has 3 aliphatic carbocycles. The van der Waals surface area contributed by atoms with Gasteiger partial charge in [0, 0.05) is 0 Å². The van der Waals surface area contributed by atoms with Gasteiger partial charge in [0.25, 0.3) is 0 Å². The molecule has 1 aromatic rings. The second-order valence-electron chi connectivity index (χ2n) is 5.12. The maximum Gasteiger partial charge on any atom is 0.309 e. The highest BCUT2D eigenvalue weighted by Gasteiger charge is 2.72. The Balaban J connectivity index is 1.79. The Morgan fingerprint density at radius 1 is 1.25 bits per heavy atom. The van der Waals surface area contributed by atoms with Gasteiger partial charge in [-0.15, -0.1) is 0 Å². The molecule has 0 aromatic heterocycles. The van der Waals surface area contributed by atoms with E-state index in [1.165, 1.54) is 5.56 Å². The summed E-state index contributed by atoms with van der Waals surface area (Å²) < 4.78 is 5.11. The van der Waals surface area contributed by atoms with Gasteiger partial charge in [-0.2, -0.15) is 0 Å². The van der Waals surface area contributed by atoms with Gasteiger partial charge >= 0.3 is 5.97 Å². The molecular weight excluding hydrogens is 204 g/mol. The van der Waals surface area contributed by atoms with E-state index < -0.39 is 5.97 Å². The van der Waals surface area contributed by atoms with E-state index in [9.17, 15) is 4.79 Å². The number of hydrogen-bond acceptors (Lipinski definition) is 2. The van der Waals surface area contributed by atoms with Crippen LogP contribution in [0.15, 0.2) is 24.3 Å². The molecule has 3 heteroatoms. The molecule has 3 saturated carbocycles. The first-order valence-electron chi connectivity index (χ1n) is 5.48. The number of carboxylic acids is 1. The summed E-state index contributed by atoms with van der Waals surface area (Å²) in [7, 11) is 1.65. The first-order valence-corrected chi connectivity index (χ1v) is 5.48. The summed E-state index contributed by atoms with van der Waals surface area (Å²) >= 11 is 0. The summed E-state index contributed by atoms with van der Waals surface area (Å²) in [6.07, 6.45) is 2.42. The Hall–Kier alpha value is -1.51. The summed E-state index contributed by atoms with van der Waals surface area (Å²) in [4.78, 5) is 11.0. The van der Waals surface area contributed by atoms with Crippen molar-refractivity contribution in [2.24, 2.45) is 5.41 Å². The van der Waals surface area contributed by atoms with E-state index in [0.29, 0.717) is 0 Å². The van der Waals surface area contributed by atoms with E-state index in [1.54, 1.807) is 7.11 Å². The molecule has 0 aliphatic heterocycles. The molecule has 0 amide bonds. The standard InChI is InChI=1S/C13H14O3/c1-16-10-4-2-9(3-5-10)12-6-13(7-12,8-12)11(14)15/h2-5H,6-8H2,1H3,(H,14,15). The molecule has 0 atom stereocenters. The molecule has 0 unspecified atom stereocenters. The van der Waals surface area contributed by atoms with Gasteiger partial charge in [-0.25, -0.2) is 0 Å². The topological polar surface area (TPSA) is 46.5 Å². The van der Waals surface area contributed by atoms with E-state index in [0.717, 1.165) is 25.0 Å². The van der Waals surface area contributed by atoms with Gasteiger partial charge in [0.05, 0.1) is 12.5 Å². The minimum Gasteiger partial charge on any atom is -0.497 e. The van der Waals surface area contributed by atoms with Gasteiger partial charge in [0.1, 0.15) is 5.75 Å². The Bertz CT molecular complexity index is 427. The molecule has 3 aliphatic rings. The molecule has 0 saturated heterocycles. The second-order valence-corrected chi connectivity index (χ2v) is 5.12. The van der Waals surface area contributed by atoms with Crippen molar-refractivity contribution in [1.82, 2.24) is 0 Å².